The number of amides is 1. The molecule has 4 rings (SSSR count). The van der Waals surface area contributed by atoms with Crippen LogP contribution in [0.5, 0.6) is 5.75 Å². The molecule has 0 spiro atoms. The third kappa shape index (κ3) is 12.1. The minimum absolute atomic E-state index is 0.0926. The number of aromatic hydroxyl groups is 1. The predicted molar refractivity (Wildman–Crippen MR) is 187 cm³/mol. The van der Waals surface area contributed by atoms with Gasteiger partial charge >= 0.3 is 10.8 Å². The maximum Gasteiger partial charge on any atom is 0.332 e. The highest BCUT2D eigenvalue weighted by Gasteiger charge is 2.15. The molecule has 1 heterocycles. The van der Waals surface area contributed by atoms with Crippen molar-refractivity contribution in [2.24, 2.45) is 0 Å². The van der Waals surface area contributed by atoms with E-state index in [0.29, 0.717) is 51.3 Å². The van der Waals surface area contributed by atoms with Crippen LogP contribution in [-0.2, 0) is 27.2 Å². The normalized spacial score (nSPS) is 11.9. The van der Waals surface area contributed by atoms with Crippen LogP contribution < -0.4 is 10.2 Å². The van der Waals surface area contributed by atoms with Gasteiger partial charge in [0.15, 0.2) is 0 Å². The topological polar surface area (TPSA) is 155 Å². The van der Waals surface area contributed by atoms with Crippen LogP contribution in [0.2, 0.25) is 0 Å². The van der Waals surface area contributed by atoms with E-state index in [4.69, 9.17) is 14.9 Å². The summed E-state index contributed by atoms with van der Waals surface area (Å²) < 4.78 is 6.70. The van der Waals surface area contributed by atoms with Crippen LogP contribution in [0.3, 0.4) is 0 Å². The molecule has 1 atom stereocenters. The molecule has 0 fully saturated rings. The first-order chi connectivity index (χ1) is 22.6. The van der Waals surface area contributed by atoms with Crippen LogP contribution in [0.25, 0.3) is 21.0 Å². The number of carbonyl (C=O) groups excluding carboxylic acids is 1. The third-order valence-corrected chi connectivity index (χ3v) is 8.87. The minimum atomic E-state index is -1.23. The Balaban J connectivity index is 0.000000913. The second-order valence-corrected chi connectivity index (χ2v) is 12.1. The Labute approximate surface area is 279 Å². The number of phenols is 1. The Hall–Kier alpha value is -3.81. The van der Waals surface area contributed by atoms with Gasteiger partial charge in [-0.2, -0.15) is 0 Å². The Kier molecular flexibility index (Phi) is 15.8. The monoisotopic (exact) mass is 668 g/mol. The van der Waals surface area contributed by atoms with Crippen LogP contribution in [0, 0.1) is 0 Å². The molecule has 0 aliphatic heterocycles. The molecule has 256 valence electrons. The van der Waals surface area contributed by atoms with Gasteiger partial charge in [-0.15, -0.1) is 0 Å². The molecule has 0 aliphatic carbocycles. The quantitative estimate of drug-likeness (QED) is 0.0995. The van der Waals surface area contributed by atoms with Gasteiger partial charge in [-0.1, -0.05) is 73.7 Å². The van der Waals surface area contributed by atoms with Crippen molar-refractivity contribution < 1.29 is 29.6 Å². The largest absolute Gasteiger partial charge is 0.506 e. The number of carbonyl (C=O) groups is 2. The number of aliphatic carboxylic acids is 1. The van der Waals surface area contributed by atoms with E-state index < -0.39 is 12.1 Å². The maximum atomic E-state index is 13.2. The Morgan fingerprint density at radius 3 is 2.38 bits per heavy atom. The van der Waals surface area contributed by atoms with Gasteiger partial charge < -0.3 is 40.2 Å². The fourth-order valence-corrected chi connectivity index (χ4v) is 6.00. The number of nitrogens with zero attached hydrogens (tertiary/aromatic N) is 2. The van der Waals surface area contributed by atoms with Crippen LogP contribution in [0.4, 0.5) is 0 Å². The number of aromatic nitrogens is 1. The van der Waals surface area contributed by atoms with Crippen LogP contribution >= 0.6 is 11.3 Å². The van der Waals surface area contributed by atoms with E-state index in [-0.39, 0.29) is 16.5 Å². The zero-order valence-corrected chi connectivity index (χ0v) is 28.4. The molecule has 0 unspecified atom stereocenters. The minimum Gasteiger partial charge on any atom is -0.506 e. The van der Waals surface area contributed by atoms with Gasteiger partial charge in [0.1, 0.15) is 17.4 Å². The van der Waals surface area contributed by atoms with Gasteiger partial charge in [0.25, 0.3) is 0 Å². The number of aromatic amines is 1. The van der Waals surface area contributed by atoms with Crippen molar-refractivity contribution in [3.8, 4) is 5.75 Å². The lowest BCUT2D eigenvalue weighted by atomic mass is 10.0. The molecule has 12 heteroatoms. The number of carboxylic acid groups (broad SMARTS) is 1. The molecule has 47 heavy (non-hydrogen) atoms. The second kappa shape index (κ2) is 19.8. The maximum absolute atomic E-state index is 13.2. The van der Waals surface area contributed by atoms with Gasteiger partial charge in [-0.25, -0.2) is 4.79 Å². The smallest absolute Gasteiger partial charge is 0.332 e. The molecule has 0 saturated heterocycles. The molecular weight excluding hydrogens is 620 g/mol. The Morgan fingerprint density at radius 1 is 0.936 bits per heavy atom. The molecule has 0 radical (unpaired) electrons. The van der Waals surface area contributed by atoms with Gasteiger partial charge in [-0.3, -0.25) is 9.59 Å². The van der Waals surface area contributed by atoms with Crippen LogP contribution in [-0.4, -0.2) is 107 Å². The fourth-order valence-electron chi connectivity index (χ4n) is 5.11. The summed E-state index contributed by atoms with van der Waals surface area (Å²) in [6.45, 7) is 11.9. The van der Waals surface area contributed by atoms with Crippen molar-refractivity contribution >= 4 is 44.2 Å². The van der Waals surface area contributed by atoms with Crippen molar-refractivity contribution in [2.75, 3.05) is 59.0 Å². The number of phenolic OH excluding ortho intramolecular Hbond substituents is 1. The van der Waals surface area contributed by atoms with E-state index in [2.05, 4.69) is 71.5 Å². The second-order valence-electron chi connectivity index (χ2n) is 11.1. The van der Waals surface area contributed by atoms with E-state index in [1.54, 1.807) is 6.07 Å². The van der Waals surface area contributed by atoms with E-state index >= 15 is 0 Å². The number of aliphatic hydroxyl groups excluding tert-OH is 1. The lowest BCUT2D eigenvalue weighted by Crippen LogP contribution is -2.42. The number of hydrogen-bond acceptors (Lipinski definition) is 9. The molecule has 0 saturated carbocycles. The number of fused-ring (bicyclic) bond motifs is 2. The third-order valence-electron chi connectivity index (χ3n) is 7.92. The first kappa shape index (κ1) is 37.6. The molecule has 1 amide bonds. The number of H-pyrrole nitrogens is 1. The zero-order chi connectivity index (χ0) is 34.2. The summed E-state index contributed by atoms with van der Waals surface area (Å²) in [5, 5.41) is 31.7. The standard InChI is InChI=1S/C32H42N4O4S.C3H6O3/c1-3-35(4-2)20-21-36(19-18-33-17-14-26-12-13-28(37)30-31(26)41-32(39)34-30)29(38)16-23-40-22-15-25-10-7-9-24-8-5-6-11-27(24)25;1-2(4)3(5)6/h5-13,33,37H,3-4,14-23H2,1-2H3,(H,34,39);2,4H,1H3,(H,5,6)/t;2-/m.0/s1. The summed E-state index contributed by atoms with van der Waals surface area (Å²) in [5.41, 5.74) is 2.79. The van der Waals surface area contributed by atoms with E-state index in [0.717, 1.165) is 54.1 Å². The number of thiazole rings is 1. The molecule has 3 aromatic carbocycles. The molecule has 0 aliphatic rings. The first-order valence-corrected chi connectivity index (χ1v) is 17.0. The average molecular weight is 669 g/mol. The number of likely N-dealkylation sites (N-methyl/N-ethyl adjacent to an activating group) is 1. The molecule has 0 bridgehead atoms. The highest BCUT2D eigenvalue weighted by Crippen LogP contribution is 2.27. The lowest BCUT2D eigenvalue weighted by molar-refractivity contribution is -0.145. The summed E-state index contributed by atoms with van der Waals surface area (Å²) in [6, 6.07) is 18.2. The SMILES string of the molecule is CCN(CC)CCN(CCNCCc1ccc(O)c2[nH]c(=O)sc12)C(=O)CCOCCc1cccc2ccccc12.C[C@H](O)C(=O)O. The Morgan fingerprint density at radius 2 is 1.66 bits per heavy atom. The van der Waals surface area contributed by atoms with Crippen molar-refractivity contribution in [1.29, 1.82) is 0 Å². The highest BCUT2D eigenvalue weighted by atomic mass is 32.1. The summed E-state index contributed by atoms with van der Waals surface area (Å²) in [6.07, 6.45) is 0.678. The van der Waals surface area contributed by atoms with Gasteiger partial charge in [0.2, 0.25) is 5.91 Å². The fraction of sp³-hybridized carbons (Fsp3) is 0.457. The van der Waals surface area contributed by atoms with Gasteiger partial charge in [0, 0.05) is 26.2 Å². The van der Waals surface area contributed by atoms with E-state index in [1.807, 2.05) is 11.0 Å². The lowest BCUT2D eigenvalue weighted by Gasteiger charge is -2.27. The predicted octanol–water partition coefficient (Wildman–Crippen LogP) is 3.85. The van der Waals surface area contributed by atoms with Crippen LogP contribution in [0.1, 0.15) is 38.3 Å². The molecular formula is C35H48N4O7S. The number of aliphatic hydroxyl groups is 1. The summed E-state index contributed by atoms with van der Waals surface area (Å²) in [4.78, 5) is 41.2. The van der Waals surface area contributed by atoms with Crippen molar-refractivity contribution in [1.82, 2.24) is 20.1 Å². The van der Waals surface area contributed by atoms with Crippen molar-refractivity contribution in [3.63, 3.8) is 0 Å². The molecule has 1 aromatic heterocycles. The summed E-state index contributed by atoms with van der Waals surface area (Å²) in [7, 11) is 0. The number of rotatable bonds is 18. The van der Waals surface area contributed by atoms with E-state index in [9.17, 15) is 19.5 Å². The first-order valence-electron chi connectivity index (χ1n) is 16.1. The zero-order valence-electron chi connectivity index (χ0n) is 27.5. The summed E-state index contributed by atoms with van der Waals surface area (Å²) >= 11 is 1.12. The molecule has 4 aromatic rings. The number of benzene rings is 3. The average Bonchev–Trinajstić information content (AvgIpc) is 3.47. The van der Waals surface area contributed by atoms with Crippen molar-refractivity contribution in [3.05, 3.63) is 75.4 Å². The van der Waals surface area contributed by atoms with Crippen LogP contribution in [0.15, 0.2) is 59.4 Å². The number of nitrogens with one attached hydrogen (secondary N) is 2. The number of ether oxygens (including phenoxy) is 1. The Bertz CT molecular complexity index is 1610. The highest BCUT2D eigenvalue weighted by molar-refractivity contribution is 7.16. The van der Waals surface area contributed by atoms with Crippen molar-refractivity contribution in [2.45, 2.75) is 46.1 Å². The number of hydrogen-bond donors (Lipinski definition) is 5. The van der Waals surface area contributed by atoms with Gasteiger partial charge in [-0.05, 0) is 67.4 Å². The van der Waals surface area contributed by atoms with Gasteiger partial charge in [0.05, 0.1) is 24.3 Å². The molecule has 5 N–H and O–H groups in total. The molecule has 11 nitrogen and oxygen atoms in total. The summed E-state index contributed by atoms with van der Waals surface area (Å²) in [5.74, 6) is -0.980. The van der Waals surface area contributed by atoms with E-state index in [1.165, 1.54) is 23.3 Å². The number of carboxylic acids is 1.